The molecule has 1 N–H and O–H groups in total. The number of aromatic nitrogens is 4. The lowest BCUT2D eigenvalue weighted by Gasteiger charge is -2.33. The van der Waals surface area contributed by atoms with E-state index in [1.165, 1.54) is 31.4 Å². The third-order valence-corrected chi connectivity index (χ3v) is 4.78. The first kappa shape index (κ1) is 13.5. The van der Waals surface area contributed by atoms with Gasteiger partial charge in [0.25, 0.3) is 0 Å². The van der Waals surface area contributed by atoms with Gasteiger partial charge in [0.05, 0.1) is 0 Å². The largest absolute Gasteiger partial charge is 0.356 e. The first-order chi connectivity index (χ1) is 10.9. The average molecular weight is 298 g/mol. The Hall–Kier alpha value is -2.11. The molecule has 0 bridgehead atoms. The minimum Gasteiger partial charge on any atom is -0.356 e. The zero-order valence-electron chi connectivity index (χ0n) is 12.8. The van der Waals surface area contributed by atoms with Gasteiger partial charge in [-0.05, 0) is 31.7 Å². The standard InChI is InChI=1S/C16H22N6/c1-2-8-21(7-1)15-10-16(18-12-17-15)22-9-3-4-13(11-22)14-5-6-19-20-14/h5-6,10,12-13H,1-4,7-9,11H2,(H,19,20). The predicted molar refractivity (Wildman–Crippen MR) is 86.3 cm³/mol. The Balaban J connectivity index is 1.52. The Morgan fingerprint density at radius 3 is 2.55 bits per heavy atom. The summed E-state index contributed by atoms with van der Waals surface area (Å²) in [6.45, 7) is 4.31. The van der Waals surface area contributed by atoms with E-state index in [9.17, 15) is 0 Å². The molecule has 0 aliphatic carbocycles. The van der Waals surface area contributed by atoms with Crippen LogP contribution in [0, 0.1) is 0 Å². The molecule has 1 atom stereocenters. The summed E-state index contributed by atoms with van der Waals surface area (Å²) < 4.78 is 0. The van der Waals surface area contributed by atoms with Crippen molar-refractivity contribution in [1.29, 1.82) is 0 Å². The van der Waals surface area contributed by atoms with Crippen LogP contribution in [-0.4, -0.2) is 46.3 Å². The topological polar surface area (TPSA) is 60.9 Å². The summed E-state index contributed by atoms with van der Waals surface area (Å²) >= 11 is 0. The van der Waals surface area contributed by atoms with Crippen molar-refractivity contribution in [3.05, 3.63) is 30.4 Å². The van der Waals surface area contributed by atoms with Gasteiger partial charge in [-0.1, -0.05) is 0 Å². The summed E-state index contributed by atoms with van der Waals surface area (Å²) in [7, 11) is 0. The highest BCUT2D eigenvalue weighted by Crippen LogP contribution is 2.29. The van der Waals surface area contributed by atoms with Gasteiger partial charge in [0.2, 0.25) is 0 Å². The van der Waals surface area contributed by atoms with Gasteiger partial charge in [0.15, 0.2) is 0 Å². The van der Waals surface area contributed by atoms with Gasteiger partial charge in [-0.25, -0.2) is 9.97 Å². The number of rotatable bonds is 3. The number of piperidine rings is 1. The van der Waals surface area contributed by atoms with Gasteiger partial charge in [-0.2, -0.15) is 5.10 Å². The fraction of sp³-hybridized carbons (Fsp3) is 0.562. The lowest BCUT2D eigenvalue weighted by molar-refractivity contribution is 0.498. The molecule has 2 aromatic rings. The number of nitrogens with one attached hydrogen (secondary N) is 1. The Morgan fingerprint density at radius 2 is 1.77 bits per heavy atom. The van der Waals surface area contributed by atoms with Crippen molar-refractivity contribution in [3.63, 3.8) is 0 Å². The zero-order valence-corrected chi connectivity index (χ0v) is 12.8. The van der Waals surface area contributed by atoms with Crippen LogP contribution in [0.3, 0.4) is 0 Å². The minimum absolute atomic E-state index is 0.515. The molecule has 2 aliphatic heterocycles. The summed E-state index contributed by atoms with van der Waals surface area (Å²) in [5.41, 5.74) is 1.23. The van der Waals surface area contributed by atoms with Gasteiger partial charge < -0.3 is 9.80 Å². The molecule has 22 heavy (non-hydrogen) atoms. The molecule has 0 radical (unpaired) electrons. The molecular weight excluding hydrogens is 276 g/mol. The number of anilines is 2. The van der Waals surface area contributed by atoms with Crippen molar-refractivity contribution in [2.24, 2.45) is 0 Å². The second-order valence-electron chi connectivity index (χ2n) is 6.23. The number of nitrogens with zero attached hydrogens (tertiary/aromatic N) is 5. The van der Waals surface area contributed by atoms with E-state index in [0.717, 1.165) is 37.8 Å². The monoisotopic (exact) mass is 298 g/mol. The summed E-state index contributed by atoms with van der Waals surface area (Å²) in [6, 6.07) is 4.24. The van der Waals surface area contributed by atoms with Crippen LogP contribution in [-0.2, 0) is 0 Å². The average Bonchev–Trinajstić information content (AvgIpc) is 3.29. The Morgan fingerprint density at radius 1 is 1.00 bits per heavy atom. The normalized spacial score (nSPS) is 22.3. The van der Waals surface area contributed by atoms with Crippen LogP contribution < -0.4 is 9.80 Å². The summed E-state index contributed by atoms with van der Waals surface area (Å²) in [6.07, 6.45) is 8.48. The molecule has 0 saturated carbocycles. The fourth-order valence-corrected chi connectivity index (χ4v) is 3.56. The number of H-pyrrole nitrogens is 1. The van der Waals surface area contributed by atoms with Crippen molar-refractivity contribution in [2.45, 2.75) is 31.6 Å². The number of aromatic amines is 1. The lowest BCUT2D eigenvalue weighted by atomic mass is 9.95. The zero-order chi connectivity index (χ0) is 14.8. The molecule has 4 rings (SSSR count). The highest BCUT2D eigenvalue weighted by Gasteiger charge is 2.24. The Labute approximate surface area is 130 Å². The van der Waals surface area contributed by atoms with Gasteiger partial charge in [0, 0.05) is 50.1 Å². The van der Waals surface area contributed by atoms with E-state index in [-0.39, 0.29) is 0 Å². The van der Waals surface area contributed by atoms with E-state index in [4.69, 9.17) is 0 Å². The van der Waals surface area contributed by atoms with Gasteiger partial charge in [0.1, 0.15) is 18.0 Å². The second-order valence-corrected chi connectivity index (χ2v) is 6.23. The molecule has 2 fully saturated rings. The highest BCUT2D eigenvalue weighted by molar-refractivity contribution is 5.51. The fourth-order valence-electron chi connectivity index (χ4n) is 3.56. The van der Waals surface area contributed by atoms with E-state index in [0.29, 0.717) is 5.92 Å². The first-order valence-corrected chi connectivity index (χ1v) is 8.21. The van der Waals surface area contributed by atoms with E-state index in [1.54, 1.807) is 6.33 Å². The van der Waals surface area contributed by atoms with E-state index < -0.39 is 0 Å². The maximum Gasteiger partial charge on any atom is 0.134 e. The summed E-state index contributed by atoms with van der Waals surface area (Å²) in [4.78, 5) is 13.7. The Kier molecular flexibility index (Phi) is 3.66. The van der Waals surface area contributed by atoms with Crippen LogP contribution in [0.15, 0.2) is 24.7 Å². The van der Waals surface area contributed by atoms with Crippen LogP contribution in [0.5, 0.6) is 0 Å². The molecule has 116 valence electrons. The molecule has 6 heteroatoms. The molecule has 2 saturated heterocycles. The van der Waals surface area contributed by atoms with Crippen LogP contribution in [0.1, 0.15) is 37.3 Å². The molecule has 4 heterocycles. The molecule has 0 amide bonds. The highest BCUT2D eigenvalue weighted by atomic mass is 15.2. The first-order valence-electron chi connectivity index (χ1n) is 8.21. The van der Waals surface area contributed by atoms with Crippen LogP contribution in [0.4, 0.5) is 11.6 Å². The third-order valence-electron chi connectivity index (χ3n) is 4.78. The smallest absolute Gasteiger partial charge is 0.134 e. The van der Waals surface area contributed by atoms with E-state index >= 15 is 0 Å². The van der Waals surface area contributed by atoms with Gasteiger partial charge in [-0.3, -0.25) is 5.10 Å². The number of hydrogen-bond acceptors (Lipinski definition) is 5. The molecule has 6 nitrogen and oxygen atoms in total. The second kappa shape index (κ2) is 5.94. The lowest BCUT2D eigenvalue weighted by Crippen LogP contribution is -2.35. The van der Waals surface area contributed by atoms with E-state index in [1.807, 2.05) is 6.20 Å². The quantitative estimate of drug-likeness (QED) is 0.941. The van der Waals surface area contributed by atoms with Crippen LogP contribution in [0.2, 0.25) is 0 Å². The molecular formula is C16H22N6. The third kappa shape index (κ3) is 2.65. The predicted octanol–water partition coefficient (Wildman–Crippen LogP) is 2.18. The van der Waals surface area contributed by atoms with Crippen LogP contribution >= 0.6 is 0 Å². The summed E-state index contributed by atoms with van der Waals surface area (Å²) in [5.74, 6) is 2.65. The maximum atomic E-state index is 4.51. The van der Waals surface area contributed by atoms with Crippen molar-refractivity contribution < 1.29 is 0 Å². The van der Waals surface area contributed by atoms with Crippen molar-refractivity contribution in [2.75, 3.05) is 36.0 Å². The molecule has 0 spiro atoms. The molecule has 2 aromatic heterocycles. The Bertz CT molecular complexity index is 605. The maximum absolute atomic E-state index is 4.51. The van der Waals surface area contributed by atoms with Crippen molar-refractivity contribution in [1.82, 2.24) is 20.2 Å². The number of hydrogen-bond donors (Lipinski definition) is 1. The van der Waals surface area contributed by atoms with Crippen molar-refractivity contribution in [3.8, 4) is 0 Å². The van der Waals surface area contributed by atoms with Crippen LogP contribution in [0.25, 0.3) is 0 Å². The van der Waals surface area contributed by atoms with Crippen molar-refractivity contribution >= 4 is 11.6 Å². The minimum atomic E-state index is 0.515. The van der Waals surface area contributed by atoms with Gasteiger partial charge in [-0.15, -0.1) is 0 Å². The molecule has 0 aromatic carbocycles. The summed E-state index contributed by atoms with van der Waals surface area (Å²) in [5, 5.41) is 7.20. The van der Waals surface area contributed by atoms with E-state index in [2.05, 4.69) is 42.1 Å². The molecule has 1 unspecified atom stereocenters. The molecule has 2 aliphatic rings. The van der Waals surface area contributed by atoms with Gasteiger partial charge >= 0.3 is 0 Å². The SMILES string of the molecule is c1cc(C2CCCN(c3cc(N4CCCC4)ncn3)C2)[nH]n1.